The van der Waals surface area contributed by atoms with E-state index in [0.717, 1.165) is 0 Å². The van der Waals surface area contributed by atoms with E-state index < -0.39 is 0 Å². The van der Waals surface area contributed by atoms with E-state index in [-0.39, 0.29) is 0 Å². The first-order valence-corrected chi connectivity index (χ1v) is 7.36. The molecule has 0 spiro atoms. The van der Waals surface area contributed by atoms with Crippen LogP contribution < -0.4 is 0 Å². The zero-order valence-electron chi connectivity index (χ0n) is 7.89. The molecule has 1 heterocycles. The van der Waals surface area contributed by atoms with Crippen molar-refractivity contribution in [2.24, 2.45) is 0 Å². The van der Waals surface area contributed by atoms with Gasteiger partial charge in [-0.3, -0.25) is 0 Å². The van der Waals surface area contributed by atoms with E-state index in [9.17, 15) is 0 Å². The first-order valence-electron chi connectivity index (χ1n) is 4.81. The molecular weight excluding hydrogens is 288 g/mol. The van der Waals surface area contributed by atoms with Crippen LogP contribution in [0, 0.1) is 0 Å². The summed E-state index contributed by atoms with van der Waals surface area (Å²) in [6.07, 6.45) is 6.75. The van der Waals surface area contributed by atoms with Crippen LogP contribution in [0.25, 0.3) is 0 Å². The van der Waals surface area contributed by atoms with Gasteiger partial charge in [-0.25, -0.2) is 0 Å². The monoisotopic (exact) mass is 296 g/mol. The highest BCUT2D eigenvalue weighted by atomic mass is 79.9. The van der Waals surface area contributed by atoms with E-state index in [0.29, 0.717) is 10.5 Å². The van der Waals surface area contributed by atoms with Crippen LogP contribution in [0.5, 0.6) is 0 Å². The third-order valence-corrected chi connectivity index (χ3v) is 5.94. The first kappa shape index (κ1) is 10.1. The molecule has 0 saturated heterocycles. The predicted molar refractivity (Wildman–Crippen MR) is 71.9 cm³/mol. The molecule has 3 heteroatoms. The summed E-state index contributed by atoms with van der Waals surface area (Å²) in [6.45, 7) is 0. The molecule has 0 amide bonds. The van der Waals surface area contributed by atoms with Crippen molar-refractivity contribution < 1.29 is 0 Å². The Hall–Kier alpha value is -0.120. The summed E-state index contributed by atoms with van der Waals surface area (Å²) in [6, 6.07) is 8.66. The third-order valence-electron chi connectivity index (χ3n) is 2.47. The van der Waals surface area contributed by atoms with Crippen LogP contribution in [-0.4, -0.2) is 10.5 Å². The van der Waals surface area contributed by atoms with Gasteiger partial charge in [0.05, 0.1) is 0 Å². The minimum Gasteiger partial charge on any atom is -0.116 e. The number of benzene rings is 1. The van der Waals surface area contributed by atoms with Gasteiger partial charge in [-0.2, -0.15) is 0 Å². The molecule has 0 saturated carbocycles. The lowest BCUT2D eigenvalue weighted by molar-refractivity contribution is 1.04. The highest BCUT2D eigenvalue weighted by molar-refractivity contribution is 9.11. The van der Waals surface area contributed by atoms with Crippen LogP contribution in [0.4, 0.5) is 0 Å². The molecule has 0 nitrogen and oxygen atoms in total. The van der Waals surface area contributed by atoms with E-state index >= 15 is 0 Å². The third kappa shape index (κ3) is 1.93. The highest BCUT2D eigenvalue weighted by Crippen LogP contribution is 2.47. The van der Waals surface area contributed by atoms with E-state index in [1.165, 1.54) is 14.3 Å². The average Bonchev–Trinajstić information content (AvgIpc) is 2.26. The summed E-state index contributed by atoms with van der Waals surface area (Å²) < 4.78 is 1.20. The van der Waals surface area contributed by atoms with Crippen LogP contribution in [0.15, 0.2) is 56.8 Å². The molecule has 1 aliphatic heterocycles. The van der Waals surface area contributed by atoms with Gasteiger partial charge in [-0.1, -0.05) is 46.3 Å². The molecule has 0 radical (unpaired) electrons. The molecule has 1 aliphatic carbocycles. The molecule has 2 unspecified atom stereocenters. The Kier molecular flexibility index (Phi) is 2.71. The molecule has 2 atom stereocenters. The summed E-state index contributed by atoms with van der Waals surface area (Å²) in [5.41, 5.74) is 0. The van der Waals surface area contributed by atoms with Gasteiger partial charge in [0, 0.05) is 24.8 Å². The highest BCUT2D eigenvalue weighted by Gasteiger charge is 2.28. The molecular formula is C12H9BrS2. The molecule has 0 aromatic heterocycles. The lowest BCUT2D eigenvalue weighted by Gasteiger charge is -2.30. The van der Waals surface area contributed by atoms with Crippen LogP contribution >= 0.6 is 39.5 Å². The number of thioether (sulfide) groups is 2. The summed E-state index contributed by atoms with van der Waals surface area (Å²) in [7, 11) is 0. The van der Waals surface area contributed by atoms with E-state index in [1.54, 1.807) is 0 Å². The summed E-state index contributed by atoms with van der Waals surface area (Å²) in [5.74, 6) is 0. The molecule has 2 aliphatic rings. The number of hydrogen-bond donors (Lipinski definition) is 0. The van der Waals surface area contributed by atoms with Crippen LogP contribution in [0.2, 0.25) is 0 Å². The second-order valence-corrected chi connectivity index (χ2v) is 6.88. The van der Waals surface area contributed by atoms with Crippen molar-refractivity contribution in [1.29, 1.82) is 0 Å². The summed E-state index contributed by atoms with van der Waals surface area (Å²) in [4.78, 5) is 2.83. The topological polar surface area (TPSA) is 0 Å². The van der Waals surface area contributed by atoms with Crippen molar-refractivity contribution in [2.45, 2.75) is 20.3 Å². The molecule has 15 heavy (non-hydrogen) atoms. The minimum absolute atomic E-state index is 0.573. The second-order valence-electron chi connectivity index (χ2n) is 3.52. The Balaban J connectivity index is 1.98. The number of halogens is 1. The zero-order chi connectivity index (χ0) is 10.3. The van der Waals surface area contributed by atoms with Crippen molar-refractivity contribution in [3.8, 4) is 0 Å². The zero-order valence-corrected chi connectivity index (χ0v) is 11.1. The van der Waals surface area contributed by atoms with E-state index in [4.69, 9.17) is 0 Å². The summed E-state index contributed by atoms with van der Waals surface area (Å²) >= 11 is 7.48. The first-order chi connectivity index (χ1) is 7.33. The number of rotatable bonds is 0. The maximum absolute atomic E-state index is 3.54. The quantitative estimate of drug-likeness (QED) is 0.693. The molecule has 0 N–H and O–H groups in total. The molecule has 1 aromatic rings. The van der Waals surface area contributed by atoms with Crippen molar-refractivity contribution in [3.63, 3.8) is 0 Å². The molecule has 0 fully saturated rings. The second kappa shape index (κ2) is 4.04. The molecule has 0 bridgehead atoms. The SMILES string of the molecule is BrC1=CC2Sc3ccccc3SC2C=C1. The molecule has 1 aromatic carbocycles. The van der Waals surface area contributed by atoms with E-state index in [2.05, 4.69) is 58.4 Å². The van der Waals surface area contributed by atoms with Gasteiger partial charge in [0.25, 0.3) is 0 Å². The smallest absolute Gasteiger partial charge is 0.0446 e. The van der Waals surface area contributed by atoms with Crippen LogP contribution in [0.1, 0.15) is 0 Å². The van der Waals surface area contributed by atoms with Crippen molar-refractivity contribution in [3.05, 3.63) is 47.0 Å². The Morgan fingerprint density at radius 1 is 1.00 bits per heavy atom. The van der Waals surface area contributed by atoms with Crippen molar-refractivity contribution >= 4 is 39.5 Å². The average molecular weight is 297 g/mol. The van der Waals surface area contributed by atoms with Gasteiger partial charge < -0.3 is 0 Å². The fourth-order valence-corrected chi connectivity index (χ4v) is 5.06. The minimum atomic E-state index is 0.573. The summed E-state index contributed by atoms with van der Waals surface area (Å²) in [5, 5.41) is 1.16. The van der Waals surface area contributed by atoms with Gasteiger partial charge in [-0.15, -0.1) is 23.5 Å². The van der Waals surface area contributed by atoms with Gasteiger partial charge in [0.15, 0.2) is 0 Å². The lowest BCUT2D eigenvalue weighted by Crippen LogP contribution is -2.21. The van der Waals surface area contributed by atoms with Gasteiger partial charge in [0.2, 0.25) is 0 Å². The van der Waals surface area contributed by atoms with Gasteiger partial charge in [-0.05, 0) is 12.1 Å². The fourth-order valence-electron chi connectivity index (χ4n) is 1.75. The van der Waals surface area contributed by atoms with Gasteiger partial charge in [0.1, 0.15) is 0 Å². The predicted octanol–water partition coefficient (Wildman–Crippen LogP) is 4.47. The maximum atomic E-state index is 3.54. The largest absolute Gasteiger partial charge is 0.116 e. The molecule has 3 rings (SSSR count). The van der Waals surface area contributed by atoms with Gasteiger partial charge >= 0.3 is 0 Å². The van der Waals surface area contributed by atoms with Crippen LogP contribution in [-0.2, 0) is 0 Å². The van der Waals surface area contributed by atoms with Crippen LogP contribution in [0.3, 0.4) is 0 Å². The number of fused-ring (bicyclic) bond motifs is 2. The lowest BCUT2D eigenvalue weighted by atomic mass is 10.2. The Bertz CT molecular complexity index is 451. The molecule has 76 valence electrons. The Labute approximate surface area is 106 Å². The number of allylic oxidation sites excluding steroid dienone is 2. The fraction of sp³-hybridized carbons (Fsp3) is 0.167. The maximum Gasteiger partial charge on any atom is 0.0446 e. The normalized spacial score (nSPS) is 27.9. The Morgan fingerprint density at radius 3 is 2.40 bits per heavy atom. The Morgan fingerprint density at radius 2 is 1.67 bits per heavy atom. The van der Waals surface area contributed by atoms with Crippen molar-refractivity contribution in [2.75, 3.05) is 0 Å². The van der Waals surface area contributed by atoms with Crippen molar-refractivity contribution in [1.82, 2.24) is 0 Å². The number of hydrogen-bond acceptors (Lipinski definition) is 2. The van der Waals surface area contributed by atoms with E-state index in [1.807, 2.05) is 23.5 Å². The standard InChI is InChI=1S/C12H9BrS2/c13-8-5-6-11-12(7-8)15-10-4-2-1-3-9(10)14-11/h1-7,11-12H.